The van der Waals surface area contributed by atoms with Gasteiger partial charge in [-0.1, -0.05) is 124 Å². The van der Waals surface area contributed by atoms with Crippen LogP contribution in [0.4, 0.5) is 11.4 Å². The van der Waals surface area contributed by atoms with Crippen molar-refractivity contribution >= 4 is 11.4 Å². The first-order chi connectivity index (χ1) is 17.2. The van der Waals surface area contributed by atoms with Crippen LogP contribution >= 0.6 is 0 Å². The molecular formula is C33H48LiN3. The molecule has 0 N–H and O–H groups in total. The second-order valence-electron chi connectivity index (χ2n) is 12.1. The minimum absolute atomic E-state index is 0. The van der Waals surface area contributed by atoms with Crippen molar-refractivity contribution in [2.45, 2.75) is 117 Å². The molecule has 0 bridgehead atoms. The normalized spacial score (nSPS) is 16.7. The topological polar surface area (TPSA) is 20.6 Å². The van der Waals surface area contributed by atoms with Crippen LogP contribution in [-0.4, -0.2) is 12.7 Å². The molecule has 0 unspecified atom stereocenters. The van der Waals surface area contributed by atoms with Gasteiger partial charge >= 0.3 is 18.9 Å². The van der Waals surface area contributed by atoms with E-state index in [1.807, 2.05) is 0 Å². The standard InChI is InChI=1S/C33H48N3.Li/c1-22(2)27-16-12-17-28(23(3)4)32(27)35-20-31(34-26-14-10-9-11-15-26)36(21-35)33-29(24(5)6)18-13-19-30(33)25(7)8;/h12-13,16-20,22-26H,9-11,14-15,21H2,1-8H3;/q-1;+1. The van der Waals surface area contributed by atoms with Crippen molar-refractivity contribution in [2.24, 2.45) is 0 Å². The summed E-state index contributed by atoms with van der Waals surface area (Å²) in [4.78, 5) is 5.05. The molecule has 0 aromatic heterocycles. The number of hydrogen-bond acceptors (Lipinski definition) is 2. The third kappa shape index (κ3) is 6.43. The predicted molar refractivity (Wildman–Crippen MR) is 157 cm³/mol. The molecule has 4 rings (SSSR count). The zero-order chi connectivity index (χ0) is 26.0. The molecule has 1 fully saturated rings. The fourth-order valence-electron chi connectivity index (χ4n) is 5.96. The predicted octanol–water partition coefficient (Wildman–Crippen LogP) is 6.97. The second kappa shape index (κ2) is 12.8. The Morgan fingerprint density at radius 1 is 0.649 bits per heavy atom. The summed E-state index contributed by atoms with van der Waals surface area (Å²) >= 11 is 0. The summed E-state index contributed by atoms with van der Waals surface area (Å²) in [6, 6.07) is 14.2. The van der Waals surface area contributed by atoms with Crippen LogP contribution in [0.1, 0.15) is 133 Å². The molecule has 1 aliphatic heterocycles. The smallest absolute Gasteiger partial charge is 0.461 e. The molecule has 1 aliphatic carbocycles. The molecule has 196 valence electrons. The number of hydrogen-bond donors (Lipinski definition) is 0. The van der Waals surface area contributed by atoms with Crippen molar-refractivity contribution in [3.63, 3.8) is 0 Å². The van der Waals surface area contributed by atoms with Crippen LogP contribution in [0, 0.1) is 0 Å². The molecule has 1 saturated carbocycles. The molecule has 1 heterocycles. The summed E-state index contributed by atoms with van der Waals surface area (Å²) in [5, 5.41) is 5.46. The number of anilines is 2. The van der Waals surface area contributed by atoms with E-state index in [2.05, 4.69) is 108 Å². The van der Waals surface area contributed by atoms with Gasteiger partial charge in [-0.05, 0) is 63.5 Å². The molecule has 0 spiro atoms. The molecule has 2 aliphatic rings. The van der Waals surface area contributed by atoms with E-state index in [0.717, 1.165) is 12.5 Å². The first kappa shape index (κ1) is 29.7. The number of nitrogens with zero attached hydrogens (tertiary/aromatic N) is 3. The Hall–Kier alpha value is -1.82. The minimum Gasteiger partial charge on any atom is -0.461 e. The molecule has 0 saturated heterocycles. The SMILES string of the molecule is CC(C)c1cccc(C(C)C)c1N1C=C([N-]C2CCCCC2)N(c2c(C(C)C)cccc2C(C)C)C1.[Li+]. The van der Waals surface area contributed by atoms with Gasteiger partial charge in [-0.25, -0.2) is 0 Å². The maximum absolute atomic E-state index is 5.46. The molecular weight excluding hydrogens is 445 g/mol. The van der Waals surface area contributed by atoms with Crippen molar-refractivity contribution in [1.82, 2.24) is 0 Å². The van der Waals surface area contributed by atoms with Gasteiger partial charge in [0.05, 0.1) is 0 Å². The summed E-state index contributed by atoms with van der Waals surface area (Å²) in [5.41, 5.74) is 8.47. The quantitative estimate of drug-likeness (QED) is 0.370. The second-order valence-corrected chi connectivity index (χ2v) is 12.1. The molecule has 37 heavy (non-hydrogen) atoms. The van der Waals surface area contributed by atoms with Crippen LogP contribution in [0.25, 0.3) is 5.32 Å². The third-order valence-corrected chi connectivity index (χ3v) is 7.97. The van der Waals surface area contributed by atoms with Crippen molar-refractivity contribution in [3.05, 3.63) is 76.0 Å². The largest absolute Gasteiger partial charge is 1.00 e. The van der Waals surface area contributed by atoms with Gasteiger partial charge in [-0.2, -0.15) is 0 Å². The van der Waals surface area contributed by atoms with Crippen LogP contribution in [0.3, 0.4) is 0 Å². The van der Waals surface area contributed by atoms with Gasteiger partial charge in [0.2, 0.25) is 0 Å². The van der Waals surface area contributed by atoms with Crippen LogP contribution in [0.5, 0.6) is 0 Å². The molecule has 2 aromatic rings. The zero-order valence-corrected chi connectivity index (χ0v) is 25.0. The Balaban J connectivity index is 0.00000380. The van der Waals surface area contributed by atoms with Crippen LogP contribution in [0.15, 0.2) is 48.4 Å². The molecule has 4 heteroatoms. The third-order valence-electron chi connectivity index (χ3n) is 7.97. The number of rotatable bonds is 8. The van der Waals surface area contributed by atoms with Gasteiger partial charge in [0.15, 0.2) is 0 Å². The van der Waals surface area contributed by atoms with Gasteiger partial charge in [0.1, 0.15) is 0 Å². The summed E-state index contributed by atoms with van der Waals surface area (Å²) < 4.78 is 0. The van der Waals surface area contributed by atoms with E-state index < -0.39 is 0 Å². The molecule has 0 radical (unpaired) electrons. The maximum atomic E-state index is 5.46. The fourth-order valence-corrected chi connectivity index (χ4v) is 5.96. The van der Waals surface area contributed by atoms with Gasteiger partial charge < -0.3 is 15.1 Å². The first-order valence-electron chi connectivity index (χ1n) is 14.4. The van der Waals surface area contributed by atoms with Crippen LogP contribution < -0.4 is 28.7 Å². The summed E-state index contributed by atoms with van der Waals surface area (Å²) in [7, 11) is 0. The Labute approximate surface area is 239 Å². The Morgan fingerprint density at radius 2 is 1.08 bits per heavy atom. The number of benzene rings is 2. The number of para-hydroxylation sites is 2. The van der Waals surface area contributed by atoms with Gasteiger partial charge in [-0.3, -0.25) is 0 Å². The maximum Gasteiger partial charge on any atom is 1.00 e. The van der Waals surface area contributed by atoms with Crippen molar-refractivity contribution in [1.29, 1.82) is 0 Å². The van der Waals surface area contributed by atoms with Crippen molar-refractivity contribution in [2.75, 3.05) is 16.5 Å². The molecule has 3 nitrogen and oxygen atoms in total. The van der Waals surface area contributed by atoms with Gasteiger partial charge in [0.25, 0.3) is 0 Å². The van der Waals surface area contributed by atoms with E-state index in [-0.39, 0.29) is 18.9 Å². The van der Waals surface area contributed by atoms with E-state index in [9.17, 15) is 0 Å². The first-order valence-corrected chi connectivity index (χ1v) is 14.4. The van der Waals surface area contributed by atoms with Crippen LogP contribution in [-0.2, 0) is 0 Å². The van der Waals surface area contributed by atoms with E-state index in [0.29, 0.717) is 29.7 Å². The molecule has 0 amide bonds. The Morgan fingerprint density at radius 3 is 1.51 bits per heavy atom. The van der Waals surface area contributed by atoms with Crippen molar-refractivity contribution in [3.8, 4) is 0 Å². The summed E-state index contributed by atoms with van der Waals surface area (Å²) in [5.74, 6) is 2.99. The summed E-state index contributed by atoms with van der Waals surface area (Å²) in [6.07, 6.45) is 8.76. The van der Waals surface area contributed by atoms with Crippen molar-refractivity contribution < 1.29 is 18.9 Å². The molecule has 2 aromatic carbocycles. The average molecular weight is 494 g/mol. The summed E-state index contributed by atoms with van der Waals surface area (Å²) in [6.45, 7) is 19.4. The van der Waals surface area contributed by atoms with Crippen LogP contribution in [0.2, 0.25) is 0 Å². The molecule has 0 atom stereocenters. The fraction of sp³-hybridized carbons (Fsp3) is 0.576. The zero-order valence-electron chi connectivity index (χ0n) is 25.0. The monoisotopic (exact) mass is 493 g/mol. The minimum atomic E-state index is 0. The van der Waals surface area contributed by atoms with E-state index >= 15 is 0 Å². The Bertz CT molecular complexity index is 1010. The van der Waals surface area contributed by atoms with Gasteiger partial charge in [0, 0.05) is 18.6 Å². The Kier molecular flexibility index (Phi) is 10.3. The van der Waals surface area contributed by atoms with E-state index in [4.69, 9.17) is 5.32 Å². The van der Waals surface area contributed by atoms with E-state index in [1.54, 1.807) is 0 Å². The van der Waals surface area contributed by atoms with Gasteiger partial charge in [-0.15, -0.1) is 0 Å². The van der Waals surface area contributed by atoms with E-state index in [1.165, 1.54) is 65.7 Å². The average Bonchev–Trinajstić information content (AvgIpc) is 3.26.